The average Bonchev–Trinajstić information content (AvgIpc) is 3.12. The Morgan fingerprint density at radius 2 is 2.19 bits per heavy atom. The fourth-order valence-corrected chi connectivity index (χ4v) is 2.72. The van der Waals surface area contributed by atoms with Crippen LogP contribution in [0.2, 0.25) is 0 Å². The molecule has 1 N–H and O–H groups in total. The van der Waals surface area contributed by atoms with Crippen molar-refractivity contribution in [2.45, 2.75) is 39.2 Å². The Hall–Kier alpha value is -1.85. The molecule has 0 radical (unpaired) electrons. The number of aryl methyl sites for hydroxylation is 1. The van der Waals surface area contributed by atoms with Gasteiger partial charge < -0.3 is 14.6 Å². The van der Waals surface area contributed by atoms with Gasteiger partial charge in [0.25, 0.3) is 0 Å². The van der Waals surface area contributed by atoms with Crippen molar-refractivity contribution in [1.29, 1.82) is 0 Å². The van der Waals surface area contributed by atoms with Crippen molar-refractivity contribution in [3.63, 3.8) is 0 Å². The summed E-state index contributed by atoms with van der Waals surface area (Å²) in [7, 11) is 1.60. The number of aliphatic hydroxyl groups excluding tert-OH is 1. The van der Waals surface area contributed by atoms with E-state index in [1.807, 2.05) is 22.9 Å². The molecule has 0 spiro atoms. The van der Waals surface area contributed by atoms with Crippen LogP contribution in [0.25, 0.3) is 0 Å². The molecule has 3 rings (SSSR count). The SMILES string of the molecule is CCCn1ncc(OC)c1C(O)c1ccc2c(c1)COC2. The summed E-state index contributed by atoms with van der Waals surface area (Å²) in [6.07, 6.45) is 1.85. The van der Waals surface area contributed by atoms with Gasteiger partial charge in [-0.25, -0.2) is 0 Å². The van der Waals surface area contributed by atoms with Gasteiger partial charge in [0.15, 0.2) is 5.75 Å². The second-order valence-electron chi connectivity index (χ2n) is 5.24. The molecular formula is C16H20N2O3. The van der Waals surface area contributed by atoms with E-state index in [-0.39, 0.29) is 0 Å². The molecule has 0 fully saturated rings. The third kappa shape index (κ3) is 2.54. The molecule has 1 aliphatic rings. The number of hydrogen-bond donors (Lipinski definition) is 1. The minimum atomic E-state index is -0.750. The fraction of sp³-hybridized carbons (Fsp3) is 0.438. The summed E-state index contributed by atoms with van der Waals surface area (Å²) in [5.74, 6) is 0.618. The van der Waals surface area contributed by atoms with Gasteiger partial charge >= 0.3 is 0 Å². The molecule has 0 saturated heterocycles. The van der Waals surface area contributed by atoms with Crippen LogP contribution >= 0.6 is 0 Å². The highest BCUT2D eigenvalue weighted by Gasteiger charge is 2.23. The zero-order chi connectivity index (χ0) is 14.8. The molecule has 2 aromatic rings. The molecule has 1 aliphatic heterocycles. The molecule has 0 aliphatic carbocycles. The van der Waals surface area contributed by atoms with Crippen LogP contribution in [-0.2, 0) is 24.5 Å². The maximum atomic E-state index is 10.7. The molecule has 1 aromatic heterocycles. The minimum Gasteiger partial charge on any atom is -0.493 e. The van der Waals surface area contributed by atoms with Gasteiger partial charge in [-0.2, -0.15) is 5.10 Å². The zero-order valence-corrected chi connectivity index (χ0v) is 12.4. The first-order chi connectivity index (χ1) is 10.2. The van der Waals surface area contributed by atoms with Crippen LogP contribution in [0.15, 0.2) is 24.4 Å². The molecule has 0 bridgehead atoms. The lowest BCUT2D eigenvalue weighted by atomic mass is 10.0. The molecule has 0 amide bonds. The van der Waals surface area contributed by atoms with E-state index in [0.717, 1.165) is 24.1 Å². The summed E-state index contributed by atoms with van der Waals surface area (Å²) >= 11 is 0. The first-order valence-electron chi connectivity index (χ1n) is 7.21. The number of aliphatic hydroxyl groups is 1. The Morgan fingerprint density at radius 1 is 1.38 bits per heavy atom. The molecule has 1 aromatic carbocycles. The van der Waals surface area contributed by atoms with Gasteiger partial charge in [-0.15, -0.1) is 0 Å². The number of aromatic nitrogens is 2. The Balaban J connectivity index is 1.97. The van der Waals surface area contributed by atoms with Gasteiger partial charge in [-0.3, -0.25) is 4.68 Å². The molecule has 21 heavy (non-hydrogen) atoms. The van der Waals surface area contributed by atoms with Crippen LogP contribution in [0.5, 0.6) is 5.75 Å². The summed E-state index contributed by atoms with van der Waals surface area (Å²) in [5.41, 5.74) is 3.89. The van der Waals surface area contributed by atoms with E-state index in [2.05, 4.69) is 12.0 Å². The normalized spacial score (nSPS) is 15.0. The Kier molecular flexibility index (Phi) is 3.94. The van der Waals surface area contributed by atoms with Crippen molar-refractivity contribution < 1.29 is 14.6 Å². The predicted molar refractivity (Wildman–Crippen MR) is 78.1 cm³/mol. The zero-order valence-electron chi connectivity index (χ0n) is 12.4. The molecule has 5 nitrogen and oxygen atoms in total. The van der Waals surface area contributed by atoms with Crippen LogP contribution in [0.4, 0.5) is 0 Å². The highest BCUT2D eigenvalue weighted by Crippen LogP contribution is 2.32. The van der Waals surface area contributed by atoms with Crippen molar-refractivity contribution in [2.75, 3.05) is 7.11 Å². The van der Waals surface area contributed by atoms with E-state index in [1.165, 1.54) is 5.56 Å². The fourth-order valence-electron chi connectivity index (χ4n) is 2.72. The molecule has 1 atom stereocenters. The largest absolute Gasteiger partial charge is 0.493 e. The van der Waals surface area contributed by atoms with Gasteiger partial charge in [-0.05, 0) is 23.1 Å². The van der Waals surface area contributed by atoms with Crippen LogP contribution in [0.3, 0.4) is 0 Å². The molecule has 2 heterocycles. The van der Waals surface area contributed by atoms with Crippen LogP contribution in [0, 0.1) is 0 Å². The van der Waals surface area contributed by atoms with Gasteiger partial charge in [0.05, 0.1) is 26.5 Å². The topological polar surface area (TPSA) is 56.5 Å². The number of ether oxygens (including phenoxy) is 2. The maximum Gasteiger partial charge on any atom is 0.163 e. The highest BCUT2D eigenvalue weighted by atomic mass is 16.5. The van der Waals surface area contributed by atoms with Gasteiger partial charge in [0.2, 0.25) is 0 Å². The number of nitrogens with zero attached hydrogens (tertiary/aromatic N) is 2. The van der Waals surface area contributed by atoms with Crippen molar-refractivity contribution in [3.05, 3.63) is 46.8 Å². The Bertz CT molecular complexity index is 636. The van der Waals surface area contributed by atoms with Gasteiger partial charge in [0.1, 0.15) is 11.8 Å². The highest BCUT2D eigenvalue weighted by molar-refractivity contribution is 5.39. The van der Waals surface area contributed by atoms with E-state index < -0.39 is 6.10 Å². The van der Waals surface area contributed by atoms with Crippen LogP contribution < -0.4 is 4.74 Å². The summed E-state index contributed by atoms with van der Waals surface area (Å²) in [6, 6.07) is 5.98. The Labute approximate surface area is 124 Å². The molecule has 1 unspecified atom stereocenters. The van der Waals surface area contributed by atoms with E-state index in [1.54, 1.807) is 13.3 Å². The van der Waals surface area contributed by atoms with E-state index in [4.69, 9.17) is 9.47 Å². The van der Waals surface area contributed by atoms with Crippen molar-refractivity contribution in [1.82, 2.24) is 9.78 Å². The van der Waals surface area contributed by atoms with Crippen molar-refractivity contribution in [2.24, 2.45) is 0 Å². The standard InChI is InChI=1S/C16H20N2O3/c1-3-6-18-15(14(20-2)8-17-18)16(19)11-4-5-12-9-21-10-13(12)7-11/h4-5,7-8,16,19H,3,6,9-10H2,1-2H3. The predicted octanol–water partition coefficient (Wildman–Crippen LogP) is 2.41. The van der Waals surface area contributed by atoms with Crippen LogP contribution in [-0.4, -0.2) is 22.0 Å². The first kappa shape index (κ1) is 14.1. The smallest absolute Gasteiger partial charge is 0.163 e. The number of methoxy groups -OCH3 is 1. The van der Waals surface area contributed by atoms with E-state index in [9.17, 15) is 5.11 Å². The molecular weight excluding hydrogens is 268 g/mol. The second-order valence-corrected chi connectivity index (χ2v) is 5.24. The number of fused-ring (bicyclic) bond motifs is 1. The number of hydrogen-bond acceptors (Lipinski definition) is 4. The molecule has 5 heteroatoms. The lowest BCUT2D eigenvalue weighted by Crippen LogP contribution is -2.11. The summed E-state index contributed by atoms with van der Waals surface area (Å²) in [5, 5.41) is 15.1. The lowest BCUT2D eigenvalue weighted by Gasteiger charge is -2.16. The van der Waals surface area contributed by atoms with E-state index in [0.29, 0.717) is 24.7 Å². The third-order valence-corrected chi connectivity index (χ3v) is 3.82. The number of rotatable bonds is 5. The molecule has 0 saturated carbocycles. The van der Waals surface area contributed by atoms with Gasteiger partial charge in [-0.1, -0.05) is 25.1 Å². The summed E-state index contributed by atoms with van der Waals surface area (Å²) in [4.78, 5) is 0. The maximum absolute atomic E-state index is 10.7. The van der Waals surface area contributed by atoms with Crippen molar-refractivity contribution in [3.8, 4) is 5.75 Å². The second kappa shape index (κ2) is 5.87. The minimum absolute atomic E-state index is 0.612. The average molecular weight is 288 g/mol. The summed E-state index contributed by atoms with van der Waals surface area (Å²) < 4.78 is 12.6. The quantitative estimate of drug-likeness (QED) is 0.918. The lowest BCUT2D eigenvalue weighted by molar-refractivity contribution is 0.134. The first-order valence-corrected chi connectivity index (χ1v) is 7.21. The van der Waals surface area contributed by atoms with E-state index >= 15 is 0 Å². The van der Waals surface area contributed by atoms with Crippen LogP contribution in [0.1, 0.15) is 41.8 Å². The van der Waals surface area contributed by atoms with Gasteiger partial charge in [0, 0.05) is 6.54 Å². The molecule has 112 valence electrons. The Morgan fingerprint density at radius 3 is 2.95 bits per heavy atom. The monoisotopic (exact) mass is 288 g/mol. The third-order valence-electron chi connectivity index (χ3n) is 3.82. The van der Waals surface area contributed by atoms with Crippen molar-refractivity contribution >= 4 is 0 Å². The number of benzene rings is 1. The summed E-state index contributed by atoms with van der Waals surface area (Å²) in [6.45, 7) is 4.10.